The van der Waals surface area contributed by atoms with Crippen molar-refractivity contribution in [1.82, 2.24) is 5.32 Å². The van der Waals surface area contributed by atoms with Crippen molar-refractivity contribution in [1.29, 1.82) is 0 Å². The van der Waals surface area contributed by atoms with E-state index in [0.29, 0.717) is 32.2 Å². The molecule has 15 heavy (non-hydrogen) atoms. The molecule has 1 saturated carbocycles. The molecule has 0 aromatic heterocycles. The summed E-state index contributed by atoms with van der Waals surface area (Å²) in [6.07, 6.45) is 4.23. The molecule has 0 heterocycles. The SMILES string of the molecule is C=CCNC(=O)C1CCC(C(=O)O)CC1. The molecule has 1 amide bonds. The molecule has 2 N–H and O–H groups in total. The Morgan fingerprint density at radius 3 is 2.27 bits per heavy atom. The van der Waals surface area contributed by atoms with Gasteiger partial charge in [0.25, 0.3) is 0 Å². The van der Waals surface area contributed by atoms with Gasteiger partial charge in [-0.15, -0.1) is 6.58 Å². The van der Waals surface area contributed by atoms with E-state index in [1.165, 1.54) is 0 Å². The van der Waals surface area contributed by atoms with Gasteiger partial charge >= 0.3 is 5.97 Å². The predicted molar refractivity (Wildman–Crippen MR) is 56.3 cm³/mol. The quantitative estimate of drug-likeness (QED) is 0.686. The smallest absolute Gasteiger partial charge is 0.306 e. The Morgan fingerprint density at radius 1 is 1.27 bits per heavy atom. The van der Waals surface area contributed by atoms with Crippen LogP contribution >= 0.6 is 0 Å². The molecule has 1 aliphatic carbocycles. The van der Waals surface area contributed by atoms with Crippen LogP contribution in [0.5, 0.6) is 0 Å². The van der Waals surface area contributed by atoms with Crippen LogP contribution in [0.1, 0.15) is 25.7 Å². The van der Waals surface area contributed by atoms with Crippen molar-refractivity contribution < 1.29 is 14.7 Å². The lowest BCUT2D eigenvalue weighted by Gasteiger charge is -2.24. The second-order valence-electron chi connectivity index (χ2n) is 3.92. The third-order valence-corrected chi connectivity index (χ3v) is 2.87. The fourth-order valence-electron chi connectivity index (χ4n) is 1.92. The molecule has 4 heteroatoms. The molecular weight excluding hydrogens is 194 g/mol. The molecule has 1 rings (SSSR count). The lowest BCUT2D eigenvalue weighted by molar-refractivity contribution is -0.144. The van der Waals surface area contributed by atoms with E-state index in [-0.39, 0.29) is 17.7 Å². The summed E-state index contributed by atoms with van der Waals surface area (Å²) in [6, 6.07) is 0. The largest absolute Gasteiger partial charge is 0.481 e. The van der Waals surface area contributed by atoms with Gasteiger partial charge in [-0.2, -0.15) is 0 Å². The number of amides is 1. The van der Waals surface area contributed by atoms with Crippen LogP contribution in [0.15, 0.2) is 12.7 Å². The maximum absolute atomic E-state index is 11.5. The highest BCUT2D eigenvalue weighted by molar-refractivity contribution is 5.79. The fraction of sp³-hybridized carbons (Fsp3) is 0.636. The first-order chi connectivity index (χ1) is 7.15. The average Bonchev–Trinajstić information content (AvgIpc) is 2.26. The van der Waals surface area contributed by atoms with Crippen molar-refractivity contribution >= 4 is 11.9 Å². The number of carboxylic acids is 1. The first-order valence-corrected chi connectivity index (χ1v) is 5.26. The van der Waals surface area contributed by atoms with E-state index >= 15 is 0 Å². The van der Waals surface area contributed by atoms with Gasteiger partial charge in [-0.3, -0.25) is 9.59 Å². The van der Waals surface area contributed by atoms with Gasteiger partial charge in [0.15, 0.2) is 0 Å². The molecule has 0 aromatic rings. The summed E-state index contributed by atoms with van der Waals surface area (Å²) in [5.41, 5.74) is 0. The molecule has 0 atom stereocenters. The van der Waals surface area contributed by atoms with Gasteiger partial charge in [0, 0.05) is 12.5 Å². The maximum Gasteiger partial charge on any atom is 0.306 e. The Bertz CT molecular complexity index is 255. The molecule has 0 aromatic carbocycles. The third-order valence-electron chi connectivity index (χ3n) is 2.87. The van der Waals surface area contributed by atoms with Crippen LogP contribution in [0.3, 0.4) is 0 Å². The van der Waals surface area contributed by atoms with Crippen molar-refractivity contribution in [2.45, 2.75) is 25.7 Å². The summed E-state index contributed by atoms with van der Waals surface area (Å²) in [5.74, 6) is -0.979. The fourth-order valence-corrected chi connectivity index (χ4v) is 1.92. The second kappa shape index (κ2) is 5.53. The van der Waals surface area contributed by atoms with Crippen LogP contribution in [0.4, 0.5) is 0 Å². The first-order valence-electron chi connectivity index (χ1n) is 5.26. The summed E-state index contributed by atoms with van der Waals surface area (Å²) in [4.78, 5) is 22.2. The normalized spacial score (nSPS) is 25.6. The summed E-state index contributed by atoms with van der Waals surface area (Å²) in [5, 5.41) is 11.5. The molecule has 0 unspecified atom stereocenters. The molecular formula is C11H17NO3. The topological polar surface area (TPSA) is 66.4 Å². The van der Waals surface area contributed by atoms with E-state index in [1.807, 2.05) is 0 Å². The van der Waals surface area contributed by atoms with E-state index in [9.17, 15) is 9.59 Å². The number of nitrogens with one attached hydrogen (secondary N) is 1. The minimum atomic E-state index is -0.736. The van der Waals surface area contributed by atoms with E-state index in [0.717, 1.165) is 0 Å². The monoisotopic (exact) mass is 211 g/mol. The molecule has 0 saturated heterocycles. The van der Waals surface area contributed by atoms with Crippen molar-refractivity contribution in [2.75, 3.05) is 6.54 Å². The van der Waals surface area contributed by atoms with E-state index in [1.54, 1.807) is 6.08 Å². The highest BCUT2D eigenvalue weighted by Gasteiger charge is 2.29. The Labute approximate surface area is 89.4 Å². The minimum Gasteiger partial charge on any atom is -0.481 e. The van der Waals surface area contributed by atoms with E-state index in [4.69, 9.17) is 5.11 Å². The van der Waals surface area contributed by atoms with Gasteiger partial charge < -0.3 is 10.4 Å². The van der Waals surface area contributed by atoms with Gasteiger partial charge in [0.2, 0.25) is 5.91 Å². The van der Waals surface area contributed by atoms with E-state index in [2.05, 4.69) is 11.9 Å². The lowest BCUT2D eigenvalue weighted by atomic mass is 9.81. The zero-order valence-corrected chi connectivity index (χ0v) is 8.74. The van der Waals surface area contributed by atoms with Crippen LogP contribution < -0.4 is 5.32 Å². The van der Waals surface area contributed by atoms with Crippen LogP contribution in [0, 0.1) is 11.8 Å². The minimum absolute atomic E-state index is 0.0134. The molecule has 4 nitrogen and oxygen atoms in total. The summed E-state index contributed by atoms with van der Waals surface area (Å²) in [7, 11) is 0. The lowest BCUT2D eigenvalue weighted by Crippen LogP contribution is -2.34. The average molecular weight is 211 g/mol. The molecule has 84 valence electrons. The number of carboxylic acid groups (broad SMARTS) is 1. The maximum atomic E-state index is 11.5. The first kappa shape index (κ1) is 11.8. The summed E-state index contributed by atoms with van der Waals surface area (Å²) in [6.45, 7) is 4.00. The van der Waals surface area contributed by atoms with E-state index < -0.39 is 5.97 Å². The molecule has 1 aliphatic rings. The number of hydrogen-bond donors (Lipinski definition) is 2. The van der Waals surface area contributed by atoms with Crippen molar-refractivity contribution in [2.24, 2.45) is 11.8 Å². The second-order valence-corrected chi connectivity index (χ2v) is 3.92. The Hall–Kier alpha value is -1.32. The highest BCUT2D eigenvalue weighted by atomic mass is 16.4. The van der Waals surface area contributed by atoms with Crippen molar-refractivity contribution in [3.05, 3.63) is 12.7 Å². The van der Waals surface area contributed by atoms with Crippen LogP contribution in [0.2, 0.25) is 0 Å². The third kappa shape index (κ3) is 3.38. The number of aliphatic carboxylic acids is 1. The number of carbonyl (C=O) groups excluding carboxylic acids is 1. The molecule has 0 bridgehead atoms. The molecule has 1 fully saturated rings. The number of hydrogen-bond acceptors (Lipinski definition) is 2. The Morgan fingerprint density at radius 2 is 1.80 bits per heavy atom. The van der Waals surface area contributed by atoms with Crippen LogP contribution in [0.25, 0.3) is 0 Å². The summed E-state index contributed by atoms with van der Waals surface area (Å²) < 4.78 is 0. The Kier molecular flexibility index (Phi) is 4.34. The zero-order valence-electron chi connectivity index (χ0n) is 8.74. The summed E-state index contributed by atoms with van der Waals surface area (Å²) >= 11 is 0. The van der Waals surface area contributed by atoms with Gasteiger partial charge in [0.05, 0.1) is 5.92 Å². The molecule has 0 radical (unpaired) electrons. The Balaban J connectivity index is 2.33. The number of rotatable bonds is 4. The van der Waals surface area contributed by atoms with Gasteiger partial charge in [-0.25, -0.2) is 0 Å². The molecule has 0 spiro atoms. The number of carbonyl (C=O) groups is 2. The standard InChI is InChI=1S/C11H17NO3/c1-2-7-12-10(13)8-3-5-9(6-4-8)11(14)15/h2,8-9H,1,3-7H2,(H,12,13)(H,14,15). The predicted octanol–water partition coefficient (Wildman–Crippen LogP) is 1.18. The van der Waals surface area contributed by atoms with Gasteiger partial charge in [-0.1, -0.05) is 6.08 Å². The molecule has 0 aliphatic heterocycles. The van der Waals surface area contributed by atoms with Gasteiger partial charge in [-0.05, 0) is 25.7 Å². The zero-order chi connectivity index (χ0) is 11.3. The highest BCUT2D eigenvalue weighted by Crippen LogP contribution is 2.28. The van der Waals surface area contributed by atoms with Crippen LogP contribution in [-0.4, -0.2) is 23.5 Å². The van der Waals surface area contributed by atoms with Crippen LogP contribution in [-0.2, 0) is 9.59 Å². The van der Waals surface area contributed by atoms with Crippen molar-refractivity contribution in [3.8, 4) is 0 Å². The van der Waals surface area contributed by atoms with Crippen molar-refractivity contribution in [3.63, 3.8) is 0 Å². The van der Waals surface area contributed by atoms with Gasteiger partial charge in [0.1, 0.15) is 0 Å².